The van der Waals surface area contributed by atoms with Crippen molar-refractivity contribution in [1.82, 2.24) is 0 Å². The van der Waals surface area contributed by atoms with Crippen LogP contribution in [0.4, 0.5) is 0 Å². The molecule has 0 aliphatic carbocycles. The zero-order valence-corrected chi connectivity index (χ0v) is 70.0. The number of carboxylic acid groups (broad SMARTS) is 2. The van der Waals surface area contributed by atoms with Gasteiger partial charge in [0.1, 0.15) is 47.3 Å². The molecule has 14 aromatic rings. The van der Waals surface area contributed by atoms with Crippen LogP contribution in [0.15, 0.2) is 248 Å². The molecule has 0 radical (unpaired) electrons. The molecule has 0 atom stereocenters. The molecule has 0 saturated heterocycles. The lowest BCUT2D eigenvalue weighted by Gasteiger charge is -2.22. The van der Waals surface area contributed by atoms with E-state index in [1.807, 2.05) is 75.4 Å². The third-order valence-corrected chi connectivity index (χ3v) is 20.9. The van der Waals surface area contributed by atoms with E-state index in [0.717, 1.165) is 44.2 Å². The number of hydrogen-bond acceptors (Lipinski definition) is 21. The highest BCUT2D eigenvalue weighted by Crippen LogP contribution is 2.51. The molecule has 0 fully saturated rings. The summed E-state index contributed by atoms with van der Waals surface area (Å²) in [7, 11) is 6.08. The number of aromatic hydroxyl groups is 2. The first-order valence-corrected chi connectivity index (χ1v) is 37.9. The molecule has 118 heavy (non-hydrogen) atoms. The van der Waals surface area contributed by atoms with E-state index in [9.17, 15) is 34.2 Å². The number of rotatable bonds is 15. The minimum absolute atomic E-state index is 0. The second-order valence-corrected chi connectivity index (χ2v) is 29.0. The predicted octanol–water partition coefficient (Wildman–Crippen LogP) is 21.1. The second kappa shape index (κ2) is 45.7. The van der Waals surface area contributed by atoms with Gasteiger partial charge in [0.05, 0.1) is 53.8 Å². The Morgan fingerprint density at radius 1 is 0.441 bits per heavy atom. The molecule has 0 spiro atoms. The van der Waals surface area contributed by atoms with Crippen LogP contribution in [0.3, 0.4) is 0 Å². The van der Waals surface area contributed by atoms with Gasteiger partial charge in [0.25, 0.3) is 0 Å². The molecule has 27 heteroatoms. The Bertz CT molecular complexity index is 5870. The van der Waals surface area contributed by atoms with Crippen LogP contribution in [-0.4, -0.2) is 97.8 Å². The maximum atomic E-state index is 11.3. The molecule has 14 rings (SSSR count). The Morgan fingerprint density at radius 3 is 1.11 bits per heavy atom. The number of carbonyl (C=O) groups excluding carboxylic acids is 3. The summed E-state index contributed by atoms with van der Waals surface area (Å²) in [6.45, 7) is 22.4. The highest BCUT2D eigenvalue weighted by Gasteiger charge is 2.39. The topological polar surface area (TPSA) is 373 Å². The Labute approximate surface area is 700 Å². The number of phenols is 2. The van der Waals surface area contributed by atoms with Gasteiger partial charge in [-0.1, -0.05) is 127 Å². The van der Waals surface area contributed by atoms with Crippen LogP contribution in [0.2, 0.25) is 0 Å². The van der Waals surface area contributed by atoms with Crippen molar-refractivity contribution in [3.05, 3.63) is 283 Å². The number of carboxylic acids is 2. The van der Waals surface area contributed by atoms with Crippen molar-refractivity contribution in [3.63, 3.8) is 0 Å². The lowest BCUT2D eigenvalue weighted by Crippen LogP contribution is -2.30. The van der Waals surface area contributed by atoms with Crippen LogP contribution in [-0.2, 0) is 4.79 Å². The molecule has 5 heterocycles. The first-order valence-electron chi connectivity index (χ1n) is 34.7. The van der Waals surface area contributed by atoms with E-state index in [4.69, 9.17) is 88.6 Å². The molecule has 5 aromatic heterocycles. The zero-order valence-electron chi connectivity index (χ0n) is 65.8. The van der Waals surface area contributed by atoms with Crippen molar-refractivity contribution in [2.45, 2.75) is 34.6 Å². The number of furan rings is 5. The standard InChI is InChI=1S/C19H18P.C13H11NO2.2C13H12O4.C11H7NO3.C10H7NO2.C8H8O3.C2H2ClN.C2H3ClO.BrH/c1-20(17-11-5-2-6-12-17,18-13-7-3-8-14-18)19-15-9-4-10-16-19;1-8(2)10-4-5-12(15-3)13-11(10)6-9(7-14)16-13;2*1-7(2)8-4-5-10(16-3)12-9(8)6-11(17-12)13(14)15;1-6(13)8-2-3-10(14)11-9(8)4-7(5-12)15-11;1-12-9-4-2-3-7-5-8(6-11)13-10(7)9;1-11-7-4-2-3-6(5-9)8(7)10;3-1-2-4;1-2(3)4;/h2-16H,1H3;4-6H,1H2,2-3H3;2*4-6H,1H2,2-3H3,(H,14,15);2-4,14H,1H3;2-5H,1H3;2-5,10H,1H3;1H2;1H3;1H/q+1;;;;;;;;;. The molecule has 0 bridgehead atoms. The third kappa shape index (κ3) is 24.2. The van der Waals surface area contributed by atoms with Gasteiger partial charge in [-0.15, -0.1) is 28.6 Å². The summed E-state index contributed by atoms with van der Waals surface area (Å²) in [5.41, 5.74) is 8.26. The van der Waals surface area contributed by atoms with Gasteiger partial charge in [0, 0.05) is 69.8 Å². The van der Waals surface area contributed by atoms with Crippen molar-refractivity contribution in [2.75, 3.05) is 48.1 Å². The number of nitrogens with zero attached hydrogens (tertiary/aromatic N) is 4. The Hall–Kier alpha value is -14.1. The normalized spacial score (nSPS) is 9.91. The van der Waals surface area contributed by atoms with Gasteiger partial charge in [-0.05, 0) is 141 Å². The molecule has 0 amide bonds. The molecule has 604 valence electrons. The number of aldehydes is 1. The quantitative estimate of drug-likeness (QED) is 0.0243. The zero-order chi connectivity index (χ0) is 86.2. The Morgan fingerprint density at radius 2 is 0.763 bits per heavy atom. The van der Waals surface area contributed by atoms with Gasteiger partial charge in [-0.25, -0.2) is 9.59 Å². The number of fused-ring (bicyclic) bond motifs is 5. The number of aromatic carboxylic acids is 2. The van der Waals surface area contributed by atoms with Crippen LogP contribution < -0.4 is 39.6 Å². The number of Topliss-reactive ketones (excluding diaryl/α,β-unsaturated/α-hetero) is 1. The van der Waals surface area contributed by atoms with Crippen molar-refractivity contribution in [1.29, 1.82) is 21.0 Å². The van der Waals surface area contributed by atoms with Crippen LogP contribution in [0.1, 0.15) is 110 Å². The van der Waals surface area contributed by atoms with Gasteiger partial charge in [-0.3, -0.25) is 14.4 Å². The monoisotopic (exact) mass is 1710 g/mol. The number of nitriles is 4. The van der Waals surface area contributed by atoms with E-state index in [2.05, 4.69) is 129 Å². The average Bonchev–Trinajstić information content (AvgIpc) is 0.959. The summed E-state index contributed by atoms with van der Waals surface area (Å²) in [4.78, 5) is 52.5. The van der Waals surface area contributed by atoms with Gasteiger partial charge in [-0.2, -0.15) is 21.0 Å². The van der Waals surface area contributed by atoms with Crippen molar-refractivity contribution >= 4 is 164 Å². The predicted molar refractivity (Wildman–Crippen MR) is 465 cm³/mol. The van der Waals surface area contributed by atoms with E-state index in [-0.39, 0.29) is 79.6 Å². The number of ether oxygens (including phenoxy) is 5. The number of phenolic OH excluding ortho intramolecular Hbond substituents is 2. The molecular formula is C91H81BrCl2N4O19P+. The summed E-state index contributed by atoms with van der Waals surface area (Å²) < 4.78 is 51.6. The molecular weight excluding hydrogens is 1630 g/mol. The molecule has 4 N–H and O–H groups in total. The van der Waals surface area contributed by atoms with Gasteiger partial charge < -0.3 is 66.2 Å². The molecule has 0 aliphatic rings. The number of carbonyl (C=O) groups is 5. The first-order chi connectivity index (χ1) is 56.0. The Balaban J connectivity index is 0.000000242. The fraction of sp³-hybridized carbons (Fsp3) is 0.132. The van der Waals surface area contributed by atoms with E-state index in [0.29, 0.717) is 84.8 Å². The largest absolute Gasteiger partial charge is 0.504 e. The minimum Gasteiger partial charge on any atom is -0.504 e. The number of alkyl halides is 1. The summed E-state index contributed by atoms with van der Waals surface area (Å²) in [6.07, 6.45) is 0.581. The SMILES string of the molecule is Br.C=C(C)c1ccc(OC)c2oc(C#N)cc12.C=C(C)c1ccc(OC)c2oc(C(=O)O)cc12.C=C(C)c1ccc(OC)c2oc(C(=O)O)cc12.CC(=O)Cl.CC(=O)c1ccc(O)c2oc(C#N)cc12.COc1cccc(C=O)c1O.COc1cccc2cc(C#N)oc12.C[P+](c1ccccc1)(c1ccccc1)c1ccccc1.N#CCCl. The summed E-state index contributed by atoms with van der Waals surface area (Å²) in [6, 6.07) is 72.0. The fourth-order valence-corrected chi connectivity index (χ4v) is 14.5. The molecule has 9 aromatic carbocycles. The molecule has 0 aliphatic heterocycles. The number of allylic oxidation sites excluding steroid dienone is 3. The number of benzene rings is 9. The molecule has 0 unspecified atom stereocenters. The van der Waals surface area contributed by atoms with Gasteiger partial charge in [0.2, 0.25) is 34.0 Å². The number of ketones is 1. The third-order valence-electron chi connectivity index (χ3n) is 16.8. The second-order valence-electron chi connectivity index (χ2n) is 24.6. The van der Waals surface area contributed by atoms with Crippen molar-refractivity contribution < 1.29 is 90.2 Å². The lowest BCUT2D eigenvalue weighted by molar-refractivity contribution is -0.109. The maximum absolute atomic E-state index is 11.3. The van der Waals surface area contributed by atoms with Crippen LogP contribution in [0.5, 0.6) is 40.2 Å². The van der Waals surface area contributed by atoms with Crippen LogP contribution in [0, 0.1) is 45.3 Å². The fourth-order valence-electron chi connectivity index (χ4n) is 11.3. The van der Waals surface area contributed by atoms with E-state index >= 15 is 0 Å². The summed E-state index contributed by atoms with van der Waals surface area (Å²) in [5.74, 6) is 0.651. The van der Waals surface area contributed by atoms with Crippen LogP contribution in [0.25, 0.3) is 71.6 Å². The summed E-state index contributed by atoms with van der Waals surface area (Å²) >= 11 is 9.46. The number of halogens is 3. The number of hydrogen-bond donors (Lipinski definition) is 4. The molecule has 23 nitrogen and oxygen atoms in total. The Kier molecular flexibility index (Phi) is 36.6. The van der Waals surface area contributed by atoms with Crippen molar-refractivity contribution in [2.24, 2.45) is 0 Å². The summed E-state index contributed by atoms with van der Waals surface area (Å²) in [5, 5.41) is 77.7. The van der Waals surface area contributed by atoms with Crippen LogP contribution >= 0.6 is 47.4 Å². The van der Waals surface area contributed by atoms with E-state index in [1.165, 1.54) is 87.5 Å². The minimum atomic E-state index is -1.53. The number of para-hydroxylation sites is 2. The molecule has 0 saturated carbocycles. The lowest BCUT2D eigenvalue weighted by atomic mass is 10.0. The first kappa shape index (κ1) is 94.5. The van der Waals surface area contributed by atoms with Gasteiger partial charge >= 0.3 is 11.9 Å². The number of methoxy groups -OCH3 is 5. The van der Waals surface area contributed by atoms with E-state index in [1.54, 1.807) is 62.8 Å². The maximum Gasteiger partial charge on any atom is 0.371 e. The average molecular weight is 1720 g/mol. The highest BCUT2D eigenvalue weighted by atomic mass is 79.9. The van der Waals surface area contributed by atoms with Crippen molar-refractivity contribution in [3.8, 4) is 64.5 Å². The van der Waals surface area contributed by atoms with Gasteiger partial charge in [0.15, 0.2) is 80.2 Å². The van der Waals surface area contributed by atoms with E-state index < -0.39 is 19.2 Å². The smallest absolute Gasteiger partial charge is 0.371 e. The highest BCUT2D eigenvalue weighted by molar-refractivity contribution is 8.93.